The van der Waals surface area contributed by atoms with Crippen LogP contribution in [0.3, 0.4) is 0 Å². The molecular formula is C21H31N3O. The molecule has 1 aromatic heterocycles. The number of hydrogen-bond acceptors (Lipinski definition) is 3. The van der Waals surface area contributed by atoms with Crippen molar-refractivity contribution in [1.82, 2.24) is 14.5 Å². The van der Waals surface area contributed by atoms with Gasteiger partial charge >= 0.3 is 0 Å². The number of imidazole rings is 1. The molecule has 1 aliphatic rings. The highest BCUT2D eigenvalue weighted by molar-refractivity contribution is 5.25. The summed E-state index contributed by atoms with van der Waals surface area (Å²) < 4.78 is 7.77. The summed E-state index contributed by atoms with van der Waals surface area (Å²) in [5.74, 6) is 0. The monoisotopic (exact) mass is 341 g/mol. The first-order valence-corrected chi connectivity index (χ1v) is 9.54. The highest BCUT2D eigenvalue weighted by atomic mass is 16.5. The lowest BCUT2D eigenvalue weighted by Gasteiger charge is -2.28. The third-order valence-corrected chi connectivity index (χ3v) is 5.37. The number of benzene rings is 1. The number of aryl methyl sites for hydroxylation is 1. The third-order valence-electron chi connectivity index (χ3n) is 5.37. The van der Waals surface area contributed by atoms with Gasteiger partial charge in [-0.05, 0) is 30.9 Å². The molecule has 4 nitrogen and oxygen atoms in total. The minimum Gasteiger partial charge on any atom is -0.383 e. The Morgan fingerprint density at radius 2 is 1.96 bits per heavy atom. The molecule has 136 valence electrons. The van der Waals surface area contributed by atoms with Gasteiger partial charge in [-0.1, -0.05) is 43.5 Å². The van der Waals surface area contributed by atoms with Crippen molar-refractivity contribution < 1.29 is 4.74 Å². The summed E-state index contributed by atoms with van der Waals surface area (Å²) in [7, 11) is 1.78. The quantitative estimate of drug-likeness (QED) is 0.715. The van der Waals surface area contributed by atoms with Gasteiger partial charge in [-0.2, -0.15) is 0 Å². The summed E-state index contributed by atoms with van der Waals surface area (Å²) in [6.45, 7) is 5.75. The van der Waals surface area contributed by atoms with E-state index < -0.39 is 0 Å². The van der Waals surface area contributed by atoms with E-state index in [1.165, 1.54) is 48.9 Å². The third kappa shape index (κ3) is 4.93. The maximum atomic E-state index is 5.34. The summed E-state index contributed by atoms with van der Waals surface area (Å²) >= 11 is 0. The first kappa shape index (κ1) is 18.2. The van der Waals surface area contributed by atoms with Crippen LogP contribution in [0, 0.1) is 6.92 Å². The summed E-state index contributed by atoms with van der Waals surface area (Å²) in [5, 5.41) is 0. The minimum absolute atomic E-state index is 0.633. The van der Waals surface area contributed by atoms with E-state index in [1.807, 2.05) is 12.5 Å². The van der Waals surface area contributed by atoms with E-state index >= 15 is 0 Å². The van der Waals surface area contributed by atoms with Crippen molar-refractivity contribution in [3.63, 3.8) is 0 Å². The molecule has 1 fully saturated rings. The molecular weight excluding hydrogens is 310 g/mol. The van der Waals surface area contributed by atoms with Crippen molar-refractivity contribution in [3.05, 3.63) is 53.6 Å². The Bertz CT molecular complexity index is 646. The number of methoxy groups -OCH3 is 1. The zero-order valence-corrected chi connectivity index (χ0v) is 15.7. The standard InChI is InChI=1S/C21H31N3O/c1-18-8-6-7-9-19(18)15-23(12-13-25-2)16-21-14-22-17-24(21)20-10-4-3-5-11-20/h6-9,14,17,20H,3-5,10-13,15-16H2,1-2H3. The van der Waals surface area contributed by atoms with Crippen LogP contribution in [-0.2, 0) is 17.8 Å². The first-order valence-electron chi connectivity index (χ1n) is 9.54. The van der Waals surface area contributed by atoms with Crippen molar-refractivity contribution in [3.8, 4) is 0 Å². The molecule has 1 saturated carbocycles. The molecule has 25 heavy (non-hydrogen) atoms. The number of hydrogen-bond donors (Lipinski definition) is 0. The maximum absolute atomic E-state index is 5.34. The molecule has 2 aromatic rings. The van der Waals surface area contributed by atoms with Crippen LogP contribution in [0.1, 0.15) is 55.0 Å². The molecule has 1 heterocycles. The first-order chi connectivity index (χ1) is 12.3. The highest BCUT2D eigenvalue weighted by Gasteiger charge is 2.19. The van der Waals surface area contributed by atoms with E-state index in [-0.39, 0.29) is 0 Å². The van der Waals surface area contributed by atoms with Gasteiger partial charge < -0.3 is 9.30 Å². The Labute approximate surface area is 151 Å². The second-order valence-electron chi connectivity index (χ2n) is 7.21. The normalized spacial score (nSPS) is 15.8. The SMILES string of the molecule is COCCN(Cc1ccccc1C)Cc1cncn1C1CCCCC1. The molecule has 0 aliphatic heterocycles. The highest BCUT2D eigenvalue weighted by Crippen LogP contribution is 2.29. The topological polar surface area (TPSA) is 30.3 Å². The molecule has 0 N–H and O–H groups in total. The maximum Gasteiger partial charge on any atom is 0.0951 e. The molecule has 3 rings (SSSR count). The van der Waals surface area contributed by atoms with Crippen molar-refractivity contribution >= 4 is 0 Å². The number of ether oxygens (including phenoxy) is 1. The van der Waals surface area contributed by atoms with E-state index in [0.29, 0.717) is 6.04 Å². The predicted molar refractivity (Wildman–Crippen MR) is 102 cm³/mol. The summed E-state index contributed by atoms with van der Waals surface area (Å²) in [4.78, 5) is 6.93. The van der Waals surface area contributed by atoms with Gasteiger partial charge in [-0.3, -0.25) is 4.90 Å². The van der Waals surface area contributed by atoms with Gasteiger partial charge in [-0.25, -0.2) is 4.98 Å². The van der Waals surface area contributed by atoms with Gasteiger partial charge in [0.1, 0.15) is 0 Å². The Hall–Kier alpha value is -1.65. The zero-order chi connectivity index (χ0) is 17.5. The Kier molecular flexibility index (Phi) is 6.65. The van der Waals surface area contributed by atoms with Crippen LogP contribution < -0.4 is 0 Å². The fraction of sp³-hybridized carbons (Fsp3) is 0.571. The Morgan fingerprint density at radius 3 is 2.72 bits per heavy atom. The second kappa shape index (κ2) is 9.16. The fourth-order valence-corrected chi connectivity index (χ4v) is 3.83. The number of rotatable bonds is 8. The lowest BCUT2D eigenvalue weighted by atomic mass is 9.95. The molecule has 4 heteroatoms. The van der Waals surface area contributed by atoms with E-state index in [0.717, 1.165) is 26.2 Å². The Balaban J connectivity index is 1.72. The molecule has 0 saturated heterocycles. The Morgan fingerprint density at radius 1 is 1.16 bits per heavy atom. The van der Waals surface area contributed by atoms with Crippen LogP contribution in [-0.4, -0.2) is 34.7 Å². The minimum atomic E-state index is 0.633. The van der Waals surface area contributed by atoms with E-state index in [2.05, 4.69) is 45.6 Å². The van der Waals surface area contributed by atoms with Gasteiger partial charge in [0.2, 0.25) is 0 Å². The summed E-state index contributed by atoms with van der Waals surface area (Å²) in [5.41, 5.74) is 4.07. The fourth-order valence-electron chi connectivity index (χ4n) is 3.83. The summed E-state index contributed by atoms with van der Waals surface area (Å²) in [6.07, 6.45) is 10.7. The van der Waals surface area contributed by atoms with Crippen molar-refractivity contribution in [2.24, 2.45) is 0 Å². The number of nitrogens with zero attached hydrogens (tertiary/aromatic N) is 3. The van der Waals surface area contributed by atoms with Crippen molar-refractivity contribution in [1.29, 1.82) is 0 Å². The van der Waals surface area contributed by atoms with Crippen LogP contribution in [0.5, 0.6) is 0 Å². The van der Waals surface area contributed by atoms with Crippen LogP contribution in [0.4, 0.5) is 0 Å². The summed E-state index contributed by atoms with van der Waals surface area (Å²) in [6, 6.07) is 9.29. The van der Waals surface area contributed by atoms with Crippen LogP contribution in [0.15, 0.2) is 36.8 Å². The average molecular weight is 341 g/mol. The van der Waals surface area contributed by atoms with Crippen LogP contribution >= 0.6 is 0 Å². The lowest BCUT2D eigenvalue weighted by Crippen LogP contribution is -2.28. The lowest BCUT2D eigenvalue weighted by molar-refractivity contribution is 0.137. The molecule has 0 unspecified atom stereocenters. The molecule has 1 aliphatic carbocycles. The smallest absolute Gasteiger partial charge is 0.0951 e. The van der Waals surface area contributed by atoms with E-state index in [9.17, 15) is 0 Å². The second-order valence-corrected chi connectivity index (χ2v) is 7.21. The van der Waals surface area contributed by atoms with Gasteiger partial charge in [0.15, 0.2) is 0 Å². The van der Waals surface area contributed by atoms with Gasteiger partial charge in [0.05, 0.1) is 18.6 Å². The molecule has 0 spiro atoms. The van der Waals surface area contributed by atoms with E-state index in [4.69, 9.17) is 4.74 Å². The largest absolute Gasteiger partial charge is 0.383 e. The number of aromatic nitrogens is 2. The molecule has 0 amide bonds. The van der Waals surface area contributed by atoms with E-state index in [1.54, 1.807) is 7.11 Å². The molecule has 0 atom stereocenters. The van der Waals surface area contributed by atoms with Crippen molar-refractivity contribution in [2.45, 2.75) is 58.2 Å². The molecule has 0 radical (unpaired) electrons. The molecule has 1 aromatic carbocycles. The van der Waals surface area contributed by atoms with Crippen LogP contribution in [0.2, 0.25) is 0 Å². The van der Waals surface area contributed by atoms with Crippen LogP contribution in [0.25, 0.3) is 0 Å². The predicted octanol–water partition coefficient (Wildman–Crippen LogP) is 4.35. The van der Waals surface area contributed by atoms with Crippen molar-refractivity contribution in [2.75, 3.05) is 20.3 Å². The average Bonchev–Trinajstić information content (AvgIpc) is 3.10. The van der Waals surface area contributed by atoms with Gasteiger partial charge in [-0.15, -0.1) is 0 Å². The van der Waals surface area contributed by atoms with Gasteiger partial charge in [0.25, 0.3) is 0 Å². The zero-order valence-electron chi connectivity index (χ0n) is 15.7. The molecule has 0 bridgehead atoms. The van der Waals surface area contributed by atoms with Gasteiger partial charge in [0, 0.05) is 39.0 Å².